The molecular formula is C17H23N3. The fraction of sp³-hybridized carbons (Fsp3) is 0.471. The summed E-state index contributed by atoms with van der Waals surface area (Å²) >= 11 is 0. The molecule has 20 heavy (non-hydrogen) atoms. The lowest BCUT2D eigenvalue weighted by atomic mass is 9.84. The molecule has 2 N–H and O–H groups in total. The number of nitrogens with one attached hydrogen (secondary N) is 2. The molecule has 1 heterocycles. The van der Waals surface area contributed by atoms with Crippen molar-refractivity contribution in [2.24, 2.45) is 11.8 Å². The Morgan fingerprint density at radius 2 is 2.20 bits per heavy atom. The lowest BCUT2D eigenvalue weighted by molar-refractivity contribution is 0.380. The number of nitrogens with zero attached hydrogens (tertiary/aromatic N) is 1. The highest BCUT2D eigenvalue weighted by Crippen LogP contribution is 2.27. The first kappa shape index (κ1) is 13.4. The van der Waals surface area contributed by atoms with E-state index >= 15 is 0 Å². The number of H-pyrrole nitrogens is 1. The molecule has 1 aromatic carbocycles. The van der Waals surface area contributed by atoms with Crippen molar-refractivity contribution < 1.29 is 0 Å². The molecule has 0 spiro atoms. The standard InChI is InChI=1S/C17H23N3/c1-12-7-13(2)9-14(8-12)10-18-11-17-19-15-5-3-4-6-16(15)20-17/h3-7,12,14,18H,8-11H2,1-2H3,(H,19,20). The summed E-state index contributed by atoms with van der Waals surface area (Å²) in [5.41, 5.74) is 3.71. The Kier molecular flexibility index (Phi) is 3.88. The molecule has 0 saturated carbocycles. The van der Waals surface area contributed by atoms with Gasteiger partial charge in [0.05, 0.1) is 17.6 Å². The van der Waals surface area contributed by atoms with E-state index in [-0.39, 0.29) is 0 Å². The zero-order valence-electron chi connectivity index (χ0n) is 12.3. The molecule has 0 amide bonds. The van der Waals surface area contributed by atoms with Crippen LogP contribution in [0.25, 0.3) is 11.0 Å². The number of rotatable bonds is 4. The van der Waals surface area contributed by atoms with Crippen LogP contribution in [-0.4, -0.2) is 16.5 Å². The number of aromatic amines is 1. The van der Waals surface area contributed by atoms with Gasteiger partial charge >= 0.3 is 0 Å². The molecule has 0 bridgehead atoms. The topological polar surface area (TPSA) is 40.7 Å². The van der Waals surface area contributed by atoms with E-state index in [2.05, 4.69) is 41.3 Å². The number of aromatic nitrogens is 2. The molecule has 106 valence electrons. The molecule has 1 aliphatic rings. The van der Waals surface area contributed by atoms with Gasteiger partial charge in [0.1, 0.15) is 5.82 Å². The summed E-state index contributed by atoms with van der Waals surface area (Å²) in [4.78, 5) is 7.96. The van der Waals surface area contributed by atoms with Crippen molar-refractivity contribution in [3.63, 3.8) is 0 Å². The summed E-state index contributed by atoms with van der Waals surface area (Å²) in [6, 6.07) is 8.18. The maximum absolute atomic E-state index is 4.60. The van der Waals surface area contributed by atoms with E-state index in [9.17, 15) is 0 Å². The summed E-state index contributed by atoms with van der Waals surface area (Å²) in [6.07, 6.45) is 4.94. The summed E-state index contributed by atoms with van der Waals surface area (Å²) in [7, 11) is 0. The number of para-hydroxylation sites is 2. The van der Waals surface area contributed by atoms with Gasteiger partial charge in [-0.05, 0) is 50.3 Å². The van der Waals surface area contributed by atoms with Gasteiger partial charge in [0, 0.05) is 0 Å². The molecule has 2 unspecified atom stereocenters. The van der Waals surface area contributed by atoms with Crippen molar-refractivity contribution in [2.75, 3.05) is 6.54 Å². The third kappa shape index (κ3) is 3.10. The summed E-state index contributed by atoms with van der Waals surface area (Å²) < 4.78 is 0. The predicted octanol–water partition coefficient (Wildman–Crippen LogP) is 3.64. The summed E-state index contributed by atoms with van der Waals surface area (Å²) in [6.45, 7) is 6.46. The first-order chi connectivity index (χ1) is 9.70. The fourth-order valence-electron chi connectivity index (χ4n) is 3.33. The SMILES string of the molecule is CC1=CC(C)CC(CNCc2nc3ccccc3[nH]2)C1. The lowest BCUT2D eigenvalue weighted by Crippen LogP contribution is -2.26. The molecule has 0 aliphatic heterocycles. The first-order valence-corrected chi connectivity index (χ1v) is 7.52. The maximum Gasteiger partial charge on any atom is 0.121 e. The monoisotopic (exact) mass is 269 g/mol. The second-order valence-corrected chi connectivity index (χ2v) is 6.13. The molecule has 1 aliphatic carbocycles. The molecule has 3 nitrogen and oxygen atoms in total. The fourth-order valence-corrected chi connectivity index (χ4v) is 3.33. The molecule has 0 radical (unpaired) electrons. The van der Waals surface area contributed by atoms with E-state index in [4.69, 9.17) is 0 Å². The number of fused-ring (bicyclic) bond motifs is 1. The first-order valence-electron chi connectivity index (χ1n) is 7.52. The van der Waals surface area contributed by atoms with Gasteiger partial charge in [0.25, 0.3) is 0 Å². The number of allylic oxidation sites excluding steroid dienone is 2. The Morgan fingerprint density at radius 1 is 1.35 bits per heavy atom. The minimum absolute atomic E-state index is 0.724. The molecule has 0 fully saturated rings. The Labute approximate surface area is 120 Å². The van der Waals surface area contributed by atoms with Crippen LogP contribution in [0.3, 0.4) is 0 Å². The Balaban J connectivity index is 1.54. The van der Waals surface area contributed by atoms with Crippen LogP contribution in [0.5, 0.6) is 0 Å². The summed E-state index contributed by atoms with van der Waals surface area (Å²) in [5, 5.41) is 3.55. The second kappa shape index (κ2) is 5.80. The summed E-state index contributed by atoms with van der Waals surface area (Å²) in [5.74, 6) is 2.52. The van der Waals surface area contributed by atoms with Crippen LogP contribution in [0.2, 0.25) is 0 Å². The molecule has 3 heteroatoms. The van der Waals surface area contributed by atoms with E-state index in [1.54, 1.807) is 5.57 Å². The van der Waals surface area contributed by atoms with E-state index in [1.165, 1.54) is 12.8 Å². The van der Waals surface area contributed by atoms with E-state index < -0.39 is 0 Å². The smallest absolute Gasteiger partial charge is 0.121 e. The average Bonchev–Trinajstić information content (AvgIpc) is 2.80. The van der Waals surface area contributed by atoms with Crippen molar-refractivity contribution in [2.45, 2.75) is 33.2 Å². The van der Waals surface area contributed by atoms with Gasteiger partial charge in [-0.3, -0.25) is 0 Å². The van der Waals surface area contributed by atoms with Gasteiger partial charge in [-0.15, -0.1) is 0 Å². The van der Waals surface area contributed by atoms with Crippen LogP contribution in [0, 0.1) is 11.8 Å². The average molecular weight is 269 g/mol. The number of hydrogen-bond acceptors (Lipinski definition) is 2. The molecule has 2 aromatic rings. The van der Waals surface area contributed by atoms with Crippen molar-refractivity contribution >= 4 is 11.0 Å². The molecule has 3 rings (SSSR count). The van der Waals surface area contributed by atoms with Crippen molar-refractivity contribution in [1.82, 2.24) is 15.3 Å². The van der Waals surface area contributed by atoms with Gasteiger partial charge in [0.2, 0.25) is 0 Å². The number of benzene rings is 1. The van der Waals surface area contributed by atoms with E-state index in [0.29, 0.717) is 0 Å². The molecule has 1 aromatic heterocycles. The van der Waals surface area contributed by atoms with Crippen molar-refractivity contribution in [1.29, 1.82) is 0 Å². The maximum atomic E-state index is 4.60. The third-order valence-corrected chi connectivity index (χ3v) is 4.05. The van der Waals surface area contributed by atoms with Gasteiger partial charge in [0.15, 0.2) is 0 Å². The quantitative estimate of drug-likeness (QED) is 0.832. The Bertz CT molecular complexity index is 578. The predicted molar refractivity (Wildman–Crippen MR) is 83.4 cm³/mol. The van der Waals surface area contributed by atoms with Gasteiger partial charge < -0.3 is 10.3 Å². The van der Waals surface area contributed by atoms with Crippen LogP contribution in [-0.2, 0) is 6.54 Å². The minimum Gasteiger partial charge on any atom is -0.341 e. The second-order valence-electron chi connectivity index (χ2n) is 6.13. The number of imidazole rings is 1. The van der Waals surface area contributed by atoms with E-state index in [1.807, 2.05) is 18.2 Å². The Morgan fingerprint density at radius 3 is 3.00 bits per heavy atom. The molecule has 2 atom stereocenters. The van der Waals surface area contributed by atoms with Crippen LogP contribution in [0.1, 0.15) is 32.5 Å². The minimum atomic E-state index is 0.724. The van der Waals surface area contributed by atoms with Crippen LogP contribution >= 0.6 is 0 Å². The van der Waals surface area contributed by atoms with Gasteiger partial charge in [-0.25, -0.2) is 4.98 Å². The van der Waals surface area contributed by atoms with Crippen molar-refractivity contribution in [3.05, 3.63) is 41.7 Å². The van der Waals surface area contributed by atoms with Crippen molar-refractivity contribution in [3.8, 4) is 0 Å². The lowest BCUT2D eigenvalue weighted by Gasteiger charge is -2.25. The highest BCUT2D eigenvalue weighted by molar-refractivity contribution is 5.74. The molecule has 0 saturated heterocycles. The van der Waals surface area contributed by atoms with Gasteiger partial charge in [-0.1, -0.05) is 30.7 Å². The van der Waals surface area contributed by atoms with Crippen LogP contribution in [0.4, 0.5) is 0 Å². The van der Waals surface area contributed by atoms with Crippen LogP contribution in [0.15, 0.2) is 35.9 Å². The zero-order chi connectivity index (χ0) is 13.9. The largest absolute Gasteiger partial charge is 0.341 e. The van der Waals surface area contributed by atoms with E-state index in [0.717, 1.165) is 41.8 Å². The highest BCUT2D eigenvalue weighted by atomic mass is 15.0. The number of hydrogen-bond donors (Lipinski definition) is 2. The van der Waals surface area contributed by atoms with Crippen LogP contribution < -0.4 is 5.32 Å². The van der Waals surface area contributed by atoms with Gasteiger partial charge in [-0.2, -0.15) is 0 Å². The Hall–Kier alpha value is -1.61. The normalized spacial score (nSPS) is 23.0. The third-order valence-electron chi connectivity index (χ3n) is 4.05. The molecular weight excluding hydrogens is 246 g/mol. The zero-order valence-corrected chi connectivity index (χ0v) is 12.3. The highest BCUT2D eigenvalue weighted by Gasteiger charge is 2.17.